The zero-order valence-corrected chi connectivity index (χ0v) is 14.0. The molecule has 2 N–H and O–H groups in total. The predicted molar refractivity (Wildman–Crippen MR) is 92.1 cm³/mol. The van der Waals surface area contributed by atoms with Gasteiger partial charge in [0.15, 0.2) is 5.76 Å². The molecule has 0 fully saturated rings. The van der Waals surface area contributed by atoms with Crippen molar-refractivity contribution < 1.29 is 18.5 Å². The van der Waals surface area contributed by atoms with Crippen molar-refractivity contribution in [3.8, 4) is 11.6 Å². The minimum Gasteiger partial charge on any atom is -0.461 e. The average molecular weight is 354 g/mol. The van der Waals surface area contributed by atoms with Crippen molar-refractivity contribution in [3.05, 3.63) is 60.2 Å². The molecule has 0 saturated heterocycles. The molecule has 2 aromatic heterocycles. The number of furan rings is 1. The van der Waals surface area contributed by atoms with E-state index < -0.39 is 0 Å². The lowest BCUT2D eigenvalue weighted by molar-refractivity contribution is -0.121. The predicted octanol–water partition coefficient (Wildman–Crippen LogP) is 1.81. The maximum absolute atomic E-state index is 11.8. The first kappa shape index (κ1) is 17.4. The van der Waals surface area contributed by atoms with Crippen LogP contribution in [-0.4, -0.2) is 35.0 Å². The van der Waals surface area contributed by atoms with Crippen LogP contribution in [-0.2, 0) is 11.2 Å². The molecule has 0 aliphatic heterocycles. The van der Waals surface area contributed by atoms with Gasteiger partial charge in [0, 0.05) is 31.5 Å². The molecule has 134 valence electrons. The van der Waals surface area contributed by atoms with Gasteiger partial charge < -0.3 is 19.6 Å². The first-order valence-corrected chi connectivity index (χ1v) is 8.19. The third kappa shape index (κ3) is 4.79. The van der Waals surface area contributed by atoms with E-state index in [-0.39, 0.29) is 18.2 Å². The Bertz CT molecular complexity index is 843. The highest BCUT2D eigenvalue weighted by molar-refractivity contribution is 5.94. The molecule has 0 aliphatic carbocycles. The summed E-state index contributed by atoms with van der Waals surface area (Å²) in [7, 11) is 0. The number of amides is 2. The van der Waals surface area contributed by atoms with Crippen LogP contribution in [0.1, 0.15) is 22.7 Å². The summed E-state index contributed by atoms with van der Waals surface area (Å²) in [6, 6.07) is 12.4. The van der Waals surface area contributed by atoms with E-state index in [1.807, 2.05) is 6.07 Å². The molecule has 3 rings (SSSR count). The van der Waals surface area contributed by atoms with Gasteiger partial charge in [0.05, 0.1) is 6.26 Å². The Hall–Kier alpha value is -3.42. The van der Waals surface area contributed by atoms with E-state index in [1.54, 1.807) is 36.4 Å². The SMILES string of the molecule is O=C(CCc1nc(-c2ccco2)no1)NCCNC(=O)c1ccccc1. The number of carbonyl (C=O) groups excluding carboxylic acids is 2. The van der Waals surface area contributed by atoms with E-state index in [2.05, 4.69) is 20.8 Å². The molecule has 0 atom stereocenters. The number of nitrogens with one attached hydrogen (secondary N) is 2. The van der Waals surface area contributed by atoms with Gasteiger partial charge in [-0.3, -0.25) is 9.59 Å². The van der Waals surface area contributed by atoms with Crippen LogP contribution in [0.25, 0.3) is 11.6 Å². The Morgan fingerprint density at radius 1 is 1.00 bits per heavy atom. The molecular weight excluding hydrogens is 336 g/mol. The van der Waals surface area contributed by atoms with Gasteiger partial charge in [0.25, 0.3) is 5.91 Å². The van der Waals surface area contributed by atoms with Crippen molar-refractivity contribution >= 4 is 11.8 Å². The average Bonchev–Trinajstić information content (AvgIpc) is 3.35. The standard InChI is InChI=1S/C18H18N4O4/c23-15(19-10-11-20-18(24)13-5-2-1-3-6-13)8-9-16-21-17(22-26-16)14-7-4-12-25-14/h1-7,12H,8-11H2,(H,19,23)(H,20,24). The third-order valence-electron chi connectivity index (χ3n) is 3.54. The number of nitrogens with zero attached hydrogens (tertiary/aromatic N) is 2. The Kier molecular flexibility index (Phi) is 5.76. The first-order chi connectivity index (χ1) is 12.7. The van der Waals surface area contributed by atoms with Crippen LogP contribution < -0.4 is 10.6 Å². The van der Waals surface area contributed by atoms with Crippen molar-refractivity contribution in [1.29, 1.82) is 0 Å². The second-order valence-electron chi connectivity index (χ2n) is 5.46. The molecule has 0 unspecified atom stereocenters. The number of hydrogen-bond acceptors (Lipinski definition) is 6. The van der Waals surface area contributed by atoms with Crippen molar-refractivity contribution in [2.45, 2.75) is 12.8 Å². The Morgan fingerprint density at radius 2 is 1.81 bits per heavy atom. The van der Waals surface area contributed by atoms with Crippen LogP contribution in [0, 0.1) is 0 Å². The molecule has 0 spiro atoms. The van der Waals surface area contributed by atoms with Gasteiger partial charge in [-0.15, -0.1) is 0 Å². The van der Waals surface area contributed by atoms with Gasteiger partial charge in [-0.25, -0.2) is 0 Å². The van der Waals surface area contributed by atoms with Gasteiger partial charge in [0.1, 0.15) is 0 Å². The lowest BCUT2D eigenvalue weighted by atomic mass is 10.2. The molecule has 0 bridgehead atoms. The minimum atomic E-state index is -0.170. The van der Waals surface area contributed by atoms with E-state index in [0.29, 0.717) is 42.5 Å². The van der Waals surface area contributed by atoms with Gasteiger partial charge in [-0.05, 0) is 24.3 Å². The zero-order chi connectivity index (χ0) is 18.2. The van der Waals surface area contributed by atoms with Crippen molar-refractivity contribution in [2.24, 2.45) is 0 Å². The second kappa shape index (κ2) is 8.61. The van der Waals surface area contributed by atoms with Crippen LogP contribution in [0.4, 0.5) is 0 Å². The number of benzene rings is 1. The van der Waals surface area contributed by atoms with Crippen LogP contribution in [0.15, 0.2) is 57.7 Å². The number of aryl methyl sites for hydroxylation is 1. The summed E-state index contributed by atoms with van der Waals surface area (Å²) in [5.74, 6) is 0.907. The summed E-state index contributed by atoms with van der Waals surface area (Å²) >= 11 is 0. The van der Waals surface area contributed by atoms with Crippen molar-refractivity contribution in [3.63, 3.8) is 0 Å². The summed E-state index contributed by atoms with van der Waals surface area (Å²) in [6.07, 6.45) is 2.07. The molecule has 3 aromatic rings. The highest BCUT2D eigenvalue weighted by Crippen LogP contribution is 2.16. The normalized spacial score (nSPS) is 10.5. The van der Waals surface area contributed by atoms with Crippen LogP contribution >= 0.6 is 0 Å². The molecule has 8 nitrogen and oxygen atoms in total. The second-order valence-corrected chi connectivity index (χ2v) is 5.46. The Morgan fingerprint density at radius 3 is 2.58 bits per heavy atom. The molecule has 0 radical (unpaired) electrons. The molecule has 26 heavy (non-hydrogen) atoms. The Balaban J connectivity index is 1.34. The summed E-state index contributed by atoms with van der Waals surface area (Å²) in [4.78, 5) is 27.8. The smallest absolute Gasteiger partial charge is 0.251 e. The quantitative estimate of drug-likeness (QED) is 0.597. The van der Waals surface area contributed by atoms with Crippen molar-refractivity contribution in [2.75, 3.05) is 13.1 Å². The van der Waals surface area contributed by atoms with Gasteiger partial charge in [0.2, 0.25) is 17.6 Å². The van der Waals surface area contributed by atoms with Gasteiger partial charge in [-0.2, -0.15) is 4.98 Å². The fourth-order valence-corrected chi connectivity index (χ4v) is 2.24. The lowest BCUT2D eigenvalue weighted by Crippen LogP contribution is -2.34. The summed E-state index contributed by atoms with van der Waals surface area (Å²) in [5, 5.41) is 9.28. The molecule has 1 aromatic carbocycles. The van der Waals surface area contributed by atoms with E-state index in [1.165, 1.54) is 6.26 Å². The number of rotatable bonds is 8. The zero-order valence-electron chi connectivity index (χ0n) is 14.0. The fourth-order valence-electron chi connectivity index (χ4n) is 2.24. The number of aromatic nitrogens is 2. The van der Waals surface area contributed by atoms with Crippen LogP contribution in [0.5, 0.6) is 0 Å². The molecule has 2 heterocycles. The number of hydrogen-bond donors (Lipinski definition) is 2. The fraction of sp³-hybridized carbons (Fsp3) is 0.222. The van der Waals surface area contributed by atoms with E-state index in [9.17, 15) is 9.59 Å². The molecule has 8 heteroatoms. The first-order valence-electron chi connectivity index (χ1n) is 8.19. The molecule has 0 aliphatic rings. The molecular formula is C18H18N4O4. The minimum absolute atomic E-state index is 0.156. The van der Waals surface area contributed by atoms with E-state index in [4.69, 9.17) is 8.94 Å². The van der Waals surface area contributed by atoms with Gasteiger partial charge >= 0.3 is 0 Å². The van der Waals surface area contributed by atoms with E-state index in [0.717, 1.165) is 0 Å². The monoisotopic (exact) mass is 354 g/mol. The summed E-state index contributed by atoms with van der Waals surface area (Å²) in [6.45, 7) is 0.696. The lowest BCUT2D eigenvalue weighted by Gasteiger charge is -2.06. The molecule has 2 amide bonds. The van der Waals surface area contributed by atoms with Crippen LogP contribution in [0.2, 0.25) is 0 Å². The summed E-state index contributed by atoms with van der Waals surface area (Å²) < 4.78 is 10.3. The van der Waals surface area contributed by atoms with Crippen LogP contribution in [0.3, 0.4) is 0 Å². The van der Waals surface area contributed by atoms with Gasteiger partial charge in [-0.1, -0.05) is 23.4 Å². The largest absolute Gasteiger partial charge is 0.461 e. The maximum atomic E-state index is 11.8. The van der Waals surface area contributed by atoms with Crippen molar-refractivity contribution in [1.82, 2.24) is 20.8 Å². The number of carbonyl (C=O) groups is 2. The maximum Gasteiger partial charge on any atom is 0.251 e. The topological polar surface area (TPSA) is 110 Å². The summed E-state index contributed by atoms with van der Waals surface area (Å²) in [5.41, 5.74) is 0.586. The molecule has 0 saturated carbocycles. The Labute approximate surface area is 149 Å². The highest BCUT2D eigenvalue weighted by Gasteiger charge is 2.12. The van der Waals surface area contributed by atoms with E-state index >= 15 is 0 Å². The highest BCUT2D eigenvalue weighted by atomic mass is 16.5. The third-order valence-corrected chi connectivity index (χ3v) is 3.54.